The number of halogens is 4. The van der Waals surface area contributed by atoms with Crippen molar-refractivity contribution < 1.29 is 22.4 Å². The second-order valence-corrected chi connectivity index (χ2v) is 5.24. The molecule has 1 heterocycles. The molecule has 0 atom stereocenters. The number of carbonyl (C=O) groups is 1. The number of hydrogen-bond acceptors (Lipinski definition) is 2. The maximum Gasteiger partial charge on any atom is 0.406 e. The summed E-state index contributed by atoms with van der Waals surface area (Å²) in [4.78, 5) is 13.1. The van der Waals surface area contributed by atoms with Crippen LogP contribution in [-0.4, -0.2) is 28.1 Å². The fourth-order valence-corrected chi connectivity index (χ4v) is 2.23. The van der Waals surface area contributed by atoms with E-state index in [0.29, 0.717) is 10.5 Å². The number of benzene rings is 1. The lowest BCUT2D eigenvalue weighted by Crippen LogP contribution is -2.39. The molecule has 24 heavy (non-hydrogen) atoms. The molecular formula is C16H13F4N3O. The van der Waals surface area contributed by atoms with Gasteiger partial charge in [0, 0.05) is 19.8 Å². The van der Waals surface area contributed by atoms with Crippen molar-refractivity contribution in [2.75, 3.05) is 6.54 Å². The zero-order valence-electron chi connectivity index (χ0n) is 12.6. The lowest BCUT2D eigenvalue weighted by atomic mass is 10.2. The number of amides is 1. The summed E-state index contributed by atoms with van der Waals surface area (Å²) in [6.45, 7) is -1.78. The highest BCUT2D eigenvalue weighted by molar-refractivity contribution is 5.93. The van der Waals surface area contributed by atoms with Crippen LogP contribution in [0.4, 0.5) is 17.6 Å². The van der Waals surface area contributed by atoms with Crippen LogP contribution in [0.2, 0.25) is 0 Å². The molecule has 0 aliphatic rings. The van der Waals surface area contributed by atoms with E-state index in [2.05, 4.69) is 0 Å². The molecule has 0 N–H and O–H groups in total. The highest BCUT2D eigenvalue weighted by Gasteiger charge is 2.34. The third kappa shape index (κ3) is 4.35. The number of nitriles is 1. The second-order valence-electron chi connectivity index (χ2n) is 5.24. The number of carbonyl (C=O) groups excluding carboxylic acids is 1. The van der Waals surface area contributed by atoms with Gasteiger partial charge in [-0.3, -0.25) is 4.79 Å². The van der Waals surface area contributed by atoms with Gasteiger partial charge in [0.25, 0.3) is 5.91 Å². The minimum absolute atomic E-state index is 0.0297. The summed E-state index contributed by atoms with van der Waals surface area (Å²) in [5, 5.41) is 8.84. The van der Waals surface area contributed by atoms with Gasteiger partial charge in [-0.05, 0) is 23.8 Å². The van der Waals surface area contributed by atoms with Gasteiger partial charge < -0.3 is 9.47 Å². The Kier molecular flexibility index (Phi) is 4.93. The molecule has 0 aliphatic heterocycles. The van der Waals surface area contributed by atoms with Gasteiger partial charge in [0.2, 0.25) is 0 Å². The number of aryl methyl sites for hydroxylation is 1. The van der Waals surface area contributed by atoms with Crippen LogP contribution in [0, 0.1) is 17.1 Å². The topological polar surface area (TPSA) is 49.0 Å². The Hall–Kier alpha value is -2.82. The van der Waals surface area contributed by atoms with Crippen molar-refractivity contribution in [3.8, 4) is 6.07 Å². The highest BCUT2D eigenvalue weighted by Crippen LogP contribution is 2.21. The van der Waals surface area contributed by atoms with E-state index in [4.69, 9.17) is 5.26 Å². The Labute approximate surface area is 135 Å². The van der Waals surface area contributed by atoms with Crippen molar-refractivity contribution in [1.82, 2.24) is 9.47 Å². The molecule has 4 nitrogen and oxygen atoms in total. The summed E-state index contributed by atoms with van der Waals surface area (Å²) in [5.41, 5.74) is 0.510. The van der Waals surface area contributed by atoms with Gasteiger partial charge >= 0.3 is 6.18 Å². The van der Waals surface area contributed by atoms with Gasteiger partial charge in [0.1, 0.15) is 24.1 Å². The van der Waals surface area contributed by atoms with Gasteiger partial charge in [-0.2, -0.15) is 18.4 Å². The van der Waals surface area contributed by atoms with Crippen LogP contribution in [0.25, 0.3) is 0 Å². The monoisotopic (exact) mass is 339 g/mol. The fourth-order valence-electron chi connectivity index (χ4n) is 2.23. The predicted molar refractivity (Wildman–Crippen MR) is 77.3 cm³/mol. The van der Waals surface area contributed by atoms with E-state index in [0.717, 1.165) is 12.1 Å². The summed E-state index contributed by atoms with van der Waals surface area (Å²) in [5.74, 6) is -1.38. The largest absolute Gasteiger partial charge is 0.406 e. The lowest BCUT2D eigenvalue weighted by Gasteiger charge is -2.24. The van der Waals surface area contributed by atoms with E-state index in [-0.39, 0.29) is 17.8 Å². The first-order valence-electron chi connectivity index (χ1n) is 6.86. The summed E-state index contributed by atoms with van der Waals surface area (Å²) in [6.07, 6.45) is -3.23. The van der Waals surface area contributed by atoms with Crippen LogP contribution >= 0.6 is 0 Å². The van der Waals surface area contributed by atoms with Crippen LogP contribution in [0.3, 0.4) is 0 Å². The quantitative estimate of drug-likeness (QED) is 0.803. The normalized spacial score (nSPS) is 11.2. The number of rotatable bonds is 4. The van der Waals surface area contributed by atoms with Crippen molar-refractivity contribution in [3.63, 3.8) is 0 Å². The van der Waals surface area contributed by atoms with Gasteiger partial charge in [-0.15, -0.1) is 0 Å². The molecule has 0 spiro atoms. The van der Waals surface area contributed by atoms with Crippen LogP contribution in [0.1, 0.15) is 21.6 Å². The molecule has 126 valence electrons. The first-order chi connectivity index (χ1) is 11.2. The molecule has 2 rings (SSSR count). The van der Waals surface area contributed by atoms with Crippen molar-refractivity contribution >= 4 is 5.91 Å². The van der Waals surface area contributed by atoms with Crippen molar-refractivity contribution in [2.24, 2.45) is 7.05 Å². The van der Waals surface area contributed by atoms with Crippen LogP contribution in [0.15, 0.2) is 36.5 Å². The van der Waals surface area contributed by atoms with Gasteiger partial charge in [-0.25, -0.2) is 4.39 Å². The highest BCUT2D eigenvalue weighted by atomic mass is 19.4. The average molecular weight is 339 g/mol. The lowest BCUT2D eigenvalue weighted by molar-refractivity contribution is -0.141. The number of hydrogen-bond donors (Lipinski definition) is 0. The Morgan fingerprint density at radius 1 is 1.29 bits per heavy atom. The third-order valence-electron chi connectivity index (χ3n) is 3.30. The Morgan fingerprint density at radius 2 is 1.92 bits per heavy atom. The van der Waals surface area contributed by atoms with E-state index in [1.54, 1.807) is 0 Å². The minimum atomic E-state index is -4.58. The van der Waals surface area contributed by atoms with Crippen LogP contribution < -0.4 is 0 Å². The molecular weight excluding hydrogens is 326 g/mol. The molecule has 0 saturated heterocycles. The Bertz CT molecular complexity index is 772. The van der Waals surface area contributed by atoms with E-state index < -0.39 is 24.4 Å². The first-order valence-corrected chi connectivity index (χ1v) is 6.86. The zero-order chi connectivity index (χ0) is 17.9. The smallest absolute Gasteiger partial charge is 0.345 e. The molecule has 2 aromatic rings. The molecule has 0 bridgehead atoms. The van der Waals surface area contributed by atoms with E-state index >= 15 is 0 Å². The third-order valence-corrected chi connectivity index (χ3v) is 3.30. The molecule has 1 aromatic carbocycles. The molecule has 8 heteroatoms. The van der Waals surface area contributed by atoms with Crippen molar-refractivity contribution in [1.29, 1.82) is 5.26 Å². The summed E-state index contributed by atoms with van der Waals surface area (Å²) >= 11 is 0. The average Bonchev–Trinajstić information content (AvgIpc) is 2.88. The van der Waals surface area contributed by atoms with Crippen molar-refractivity contribution in [2.45, 2.75) is 12.7 Å². The van der Waals surface area contributed by atoms with Gasteiger partial charge in [0.15, 0.2) is 0 Å². The van der Waals surface area contributed by atoms with Gasteiger partial charge in [-0.1, -0.05) is 12.1 Å². The Morgan fingerprint density at radius 3 is 2.42 bits per heavy atom. The molecule has 1 aromatic heterocycles. The number of alkyl halides is 3. The van der Waals surface area contributed by atoms with E-state index in [1.807, 2.05) is 6.07 Å². The summed E-state index contributed by atoms with van der Waals surface area (Å²) < 4.78 is 52.6. The molecule has 0 radical (unpaired) electrons. The number of aromatic nitrogens is 1. The maximum absolute atomic E-state index is 12.9. The van der Waals surface area contributed by atoms with Crippen molar-refractivity contribution in [3.05, 3.63) is 59.2 Å². The van der Waals surface area contributed by atoms with Crippen LogP contribution in [0.5, 0.6) is 0 Å². The van der Waals surface area contributed by atoms with E-state index in [9.17, 15) is 22.4 Å². The molecule has 0 unspecified atom stereocenters. The van der Waals surface area contributed by atoms with E-state index in [1.165, 1.54) is 36.0 Å². The molecule has 0 saturated carbocycles. The summed E-state index contributed by atoms with van der Waals surface area (Å²) in [7, 11) is 1.47. The molecule has 1 amide bonds. The second kappa shape index (κ2) is 6.74. The first kappa shape index (κ1) is 17.5. The number of nitrogens with zero attached hydrogens (tertiary/aromatic N) is 3. The molecule has 0 fully saturated rings. The molecule has 0 aliphatic carbocycles. The Balaban J connectivity index is 2.31. The van der Waals surface area contributed by atoms with Gasteiger partial charge in [0.05, 0.1) is 5.56 Å². The summed E-state index contributed by atoms with van der Waals surface area (Å²) in [6, 6.07) is 7.92. The minimum Gasteiger partial charge on any atom is -0.345 e. The maximum atomic E-state index is 12.9. The predicted octanol–water partition coefficient (Wildman–Crippen LogP) is 3.24. The van der Waals surface area contributed by atoms with Crippen LogP contribution in [-0.2, 0) is 13.6 Å². The SMILES string of the molecule is Cn1cc(C#N)cc1C(=O)N(Cc1ccc(F)cc1)CC(F)(F)F. The zero-order valence-corrected chi connectivity index (χ0v) is 12.6. The standard InChI is InChI=1S/C16H13F4N3O/c1-22-8-12(7-21)6-14(22)15(24)23(10-16(18,19)20)9-11-2-4-13(17)5-3-11/h2-6,8H,9-10H2,1H3. The fraction of sp³-hybridized carbons (Fsp3) is 0.250.